The maximum atomic E-state index is 13.4. The highest BCUT2D eigenvalue weighted by Gasteiger charge is 2.20. The fourth-order valence-corrected chi connectivity index (χ4v) is 3.94. The Labute approximate surface area is 214 Å². The maximum Gasteiger partial charge on any atom is 0.255 e. The number of nitrogens with one attached hydrogen (secondary N) is 1. The van der Waals surface area contributed by atoms with Crippen molar-refractivity contribution in [3.05, 3.63) is 107 Å². The molecule has 3 aromatic carbocycles. The van der Waals surface area contributed by atoms with Crippen LogP contribution in [0.15, 0.2) is 84.4 Å². The predicted molar refractivity (Wildman–Crippen MR) is 147 cm³/mol. The number of carbonyl (C=O) groups excluding carboxylic acids is 2. The van der Waals surface area contributed by atoms with Crippen LogP contribution in [0.25, 0.3) is 5.76 Å². The van der Waals surface area contributed by atoms with Crippen molar-refractivity contribution in [1.82, 2.24) is 4.90 Å². The number of anilines is 1. The van der Waals surface area contributed by atoms with Gasteiger partial charge in [-0.2, -0.15) is 0 Å². The van der Waals surface area contributed by atoms with E-state index >= 15 is 0 Å². The maximum absolute atomic E-state index is 13.4. The topological polar surface area (TPSA) is 58.6 Å². The largest absolute Gasteiger partial charge is 0.488 e. The molecule has 0 atom stereocenters. The molecule has 0 aliphatic rings. The van der Waals surface area contributed by atoms with Crippen molar-refractivity contribution in [2.24, 2.45) is 0 Å². The molecule has 3 rings (SSSR count). The smallest absolute Gasteiger partial charge is 0.255 e. The van der Waals surface area contributed by atoms with Crippen molar-refractivity contribution in [3.63, 3.8) is 0 Å². The fraction of sp³-hybridized carbons (Fsp3) is 0.290. The highest BCUT2D eigenvalue weighted by molar-refractivity contribution is 6.04. The van der Waals surface area contributed by atoms with E-state index in [4.69, 9.17) is 4.74 Å². The fourth-order valence-electron chi connectivity index (χ4n) is 3.94. The number of carbonyl (C=O) groups is 2. The average Bonchev–Trinajstić information content (AvgIpc) is 2.90. The second-order valence-corrected chi connectivity index (χ2v) is 8.92. The van der Waals surface area contributed by atoms with Crippen LogP contribution in [-0.4, -0.2) is 29.8 Å². The molecule has 0 radical (unpaired) electrons. The molecule has 5 heteroatoms. The number of amides is 2. The van der Waals surface area contributed by atoms with Gasteiger partial charge in [0.25, 0.3) is 11.8 Å². The third-order valence-corrected chi connectivity index (χ3v) is 5.88. The lowest BCUT2D eigenvalue weighted by Gasteiger charge is -2.23. The van der Waals surface area contributed by atoms with Crippen LogP contribution in [0.4, 0.5) is 5.69 Å². The summed E-state index contributed by atoms with van der Waals surface area (Å²) in [6.45, 7) is 9.74. The summed E-state index contributed by atoms with van der Waals surface area (Å²) in [6, 6.07) is 24.8. The Hall–Kier alpha value is -3.86. The van der Waals surface area contributed by atoms with Crippen LogP contribution in [-0.2, 0) is 16.1 Å². The van der Waals surface area contributed by atoms with Gasteiger partial charge in [-0.15, -0.1) is 0 Å². The van der Waals surface area contributed by atoms with Crippen LogP contribution < -0.4 is 5.32 Å². The van der Waals surface area contributed by atoms with Gasteiger partial charge in [-0.3, -0.25) is 9.59 Å². The van der Waals surface area contributed by atoms with Crippen LogP contribution >= 0.6 is 0 Å². The molecular weight excluding hydrogens is 448 g/mol. The van der Waals surface area contributed by atoms with Crippen molar-refractivity contribution in [3.8, 4) is 0 Å². The summed E-state index contributed by atoms with van der Waals surface area (Å²) in [5.41, 5.74) is 4.77. The van der Waals surface area contributed by atoms with E-state index in [1.807, 2.05) is 97.6 Å². The van der Waals surface area contributed by atoms with Gasteiger partial charge in [-0.1, -0.05) is 61.9 Å². The zero-order valence-corrected chi connectivity index (χ0v) is 21.7. The van der Waals surface area contributed by atoms with E-state index in [1.54, 1.807) is 0 Å². The van der Waals surface area contributed by atoms with Gasteiger partial charge in [0.15, 0.2) is 0 Å². The van der Waals surface area contributed by atoms with E-state index in [9.17, 15) is 9.59 Å². The zero-order chi connectivity index (χ0) is 25.9. The van der Waals surface area contributed by atoms with E-state index in [-0.39, 0.29) is 11.8 Å². The van der Waals surface area contributed by atoms with Crippen molar-refractivity contribution in [2.75, 3.05) is 18.4 Å². The molecule has 3 aromatic rings. The van der Waals surface area contributed by atoms with Crippen LogP contribution in [0.2, 0.25) is 0 Å². The zero-order valence-electron chi connectivity index (χ0n) is 21.7. The Morgan fingerprint density at radius 3 is 1.97 bits per heavy atom. The Morgan fingerprint density at radius 2 is 1.39 bits per heavy atom. The van der Waals surface area contributed by atoms with E-state index in [0.717, 1.165) is 29.5 Å². The number of aryl methyl sites for hydroxylation is 1. The molecular formula is C31H36N2O3. The van der Waals surface area contributed by atoms with Crippen molar-refractivity contribution < 1.29 is 14.3 Å². The minimum absolute atomic E-state index is 0.0153. The van der Waals surface area contributed by atoms with Gasteiger partial charge in [0.05, 0.1) is 5.57 Å². The Balaban J connectivity index is 1.86. The molecule has 0 aliphatic heterocycles. The Bertz CT molecular complexity index is 1160. The van der Waals surface area contributed by atoms with Gasteiger partial charge in [-0.25, -0.2) is 0 Å². The van der Waals surface area contributed by atoms with Gasteiger partial charge >= 0.3 is 0 Å². The van der Waals surface area contributed by atoms with Gasteiger partial charge in [-0.05, 0) is 68.7 Å². The lowest BCUT2D eigenvalue weighted by molar-refractivity contribution is -0.127. The number of ether oxygens (including phenoxy) is 1. The molecule has 0 saturated heterocycles. The van der Waals surface area contributed by atoms with Gasteiger partial charge in [0.2, 0.25) is 0 Å². The first-order chi connectivity index (χ1) is 17.4. The van der Waals surface area contributed by atoms with Crippen molar-refractivity contribution in [1.29, 1.82) is 0 Å². The molecule has 1 N–H and O–H groups in total. The standard InChI is InChI=1S/C31H36N2O3/c1-5-20-33(21-6-2)31(35)24(4)29(36-22-25-10-8-7-9-11-25)26-16-18-28(19-17-26)32-30(34)27-14-12-23(3)13-15-27/h7-19H,5-6,20-22H2,1-4H3,(H,32,34)/b29-24+. The number of hydrogen-bond acceptors (Lipinski definition) is 3. The summed E-state index contributed by atoms with van der Waals surface area (Å²) in [5.74, 6) is 0.371. The molecule has 0 spiro atoms. The van der Waals surface area contributed by atoms with Crippen molar-refractivity contribution >= 4 is 23.3 Å². The van der Waals surface area contributed by atoms with E-state index in [1.165, 1.54) is 0 Å². The van der Waals surface area contributed by atoms with Crippen LogP contribution in [0.3, 0.4) is 0 Å². The second kappa shape index (κ2) is 13.3. The summed E-state index contributed by atoms with van der Waals surface area (Å²) < 4.78 is 6.25. The molecule has 2 amide bonds. The molecule has 36 heavy (non-hydrogen) atoms. The first-order valence-electron chi connectivity index (χ1n) is 12.6. The number of rotatable bonds is 11. The Kier molecular flexibility index (Phi) is 9.87. The molecule has 5 nitrogen and oxygen atoms in total. The van der Waals surface area contributed by atoms with Crippen molar-refractivity contribution in [2.45, 2.75) is 47.1 Å². The highest BCUT2D eigenvalue weighted by atomic mass is 16.5. The molecule has 0 unspecified atom stereocenters. The molecule has 0 fully saturated rings. The summed E-state index contributed by atoms with van der Waals surface area (Å²) in [6.07, 6.45) is 1.79. The molecule has 0 saturated carbocycles. The minimum Gasteiger partial charge on any atom is -0.488 e. The summed E-state index contributed by atoms with van der Waals surface area (Å²) in [7, 11) is 0. The summed E-state index contributed by atoms with van der Waals surface area (Å²) >= 11 is 0. The third kappa shape index (κ3) is 7.32. The SMILES string of the molecule is CCCN(CCC)C(=O)/C(C)=C(/OCc1ccccc1)c1ccc(NC(=O)c2ccc(C)cc2)cc1. The number of hydrogen-bond donors (Lipinski definition) is 1. The van der Waals surface area contributed by atoms with Gasteiger partial charge in [0.1, 0.15) is 12.4 Å². The monoisotopic (exact) mass is 484 g/mol. The van der Waals surface area contributed by atoms with Crippen LogP contribution in [0.1, 0.15) is 60.7 Å². The third-order valence-electron chi connectivity index (χ3n) is 5.88. The predicted octanol–water partition coefficient (Wildman–Crippen LogP) is 6.84. The molecule has 0 aliphatic carbocycles. The highest BCUT2D eigenvalue weighted by Crippen LogP contribution is 2.25. The minimum atomic E-state index is -0.167. The molecule has 0 bridgehead atoms. The second-order valence-electron chi connectivity index (χ2n) is 8.92. The number of nitrogens with zero attached hydrogens (tertiary/aromatic N) is 1. The average molecular weight is 485 g/mol. The van der Waals surface area contributed by atoms with Crippen LogP contribution in [0, 0.1) is 6.92 Å². The van der Waals surface area contributed by atoms with Crippen LogP contribution in [0.5, 0.6) is 0 Å². The molecule has 0 aromatic heterocycles. The Morgan fingerprint density at radius 1 is 0.806 bits per heavy atom. The van der Waals surface area contributed by atoms with E-state index in [2.05, 4.69) is 19.2 Å². The summed E-state index contributed by atoms with van der Waals surface area (Å²) in [5, 5.41) is 2.93. The molecule has 188 valence electrons. The first-order valence-corrected chi connectivity index (χ1v) is 12.6. The van der Waals surface area contributed by atoms with E-state index in [0.29, 0.717) is 42.3 Å². The summed E-state index contributed by atoms with van der Waals surface area (Å²) in [4.78, 5) is 27.9. The lowest BCUT2D eigenvalue weighted by atomic mass is 10.1. The normalized spacial score (nSPS) is 11.4. The van der Waals surface area contributed by atoms with E-state index < -0.39 is 0 Å². The quantitative estimate of drug-likeness (QED) is 0.239. The lowest BCUT2D eigenvalue weighted by Crippen LogP contribution is -2.33. The van der Waals surface area contributed by atoms with Gasteiger partial charge in [0, 0.05) is 29.9 Å². The number of benzene rings is 3. The van der Waals surface area contributed by atoms with Gasteiger partial charge < -0.3 is 15.0 Å². The first kappa shape index (κ1) is 26.7. The molecule has 0 heterocycles.